The van der Waals surface area contributed by atoms with Crippen LogP contribution in [0.15, 0.2) is 28.8 Å². The van der Waals surface area contributed by atoms with Gasteiger partial charge in [0.25, 0.3) is 0 Å². The Morgan fingerprint density at radius 3 is 2.87 bits per heavy atom. The van der Waals surface area contributed by atoms with Gasteiger partial charge in [0.15, 0.2) is 0 Å². The van der Waals surface area contributed by atoms with Crippen LogP contribution in [0, 0.1) is 13.8 Å². The molecular formula is C19H24N2O2. The quantitative estimate of drug-likeness (QED) is 0.863. The average molecular weight is 312 g/mol. The number of carbonyl (C=O) groups is 1. The predicted molar refractivity (Wildman–Crippen MR) is 89.2 cm³/mol. The van der Waals surface area contributed by atoms with Crippen molar-refractivity contribution in [3.8, 4) is 0 Å². The van der Waals surface area contributed by atoms with E-state index in [1.807, 2.05) is 25.8 Å². The minimum atomic E-state index is 0.187. The Balaban J connectivity index is 1.69. The van der Waals surface area contributed by atoms with Gasteiger partial charge < -0.3 is 9.42 Å². The van der Waals surface area contributed by atoms with E-state index in [2.05, 4.69) is 29.4 Å². The van der Waals surface area contributed by atoms with Crippen molar-refractivity contribution in [2.24, 2.45) is 0 Å². The Hall–Kier alpha value is -2.10. The van der Waals surface area contributed by atoms with Crippen molar-refractivity contribution in [3.05, 3.63) is 52.4 Å². The van der Waals surface area contributed by atoms with Crippen LogP contribution in [0.25, 0.3) is 0 Å². The van der Waals surface area contributed by atoms with E-state index in [9.17, 15) is 4.79 Å². The van der Waals surface area contributed by atoms with Crippen molar-refractivity contribution in [1.82, 2.24) is 10.1 Å². The molecule has 0 bridgehead atoms. The molecule has 4 nitrogen and oxygen atoms in total. The van der Waals surface area contributed by atoms with Crippen LogP contribution in [-0.2, 0) is 17.6 Å². The molecule has 1 amide bonds. The number of benzene rings is 1. The fraction of sp³-hybridized carbons (Fsp3) is 0.474. The third-order valence-corrected chi connectivity index (χ3v) is 4.97. The van der Waals surface area contributed by atoms with E-state index in [0.717, 1.165) is 36.3 Å². The van der Waals surface area contributed by atoms with E-state index in [4.69, 9.17) is 4.52 Å². The normalized spacial score (nSPS) is 16.9. The van der Waals surface area contributed by atoms with Gasteiger partial charge in [-0.3, -0.25) is 4.79 Å². The molecule has 1 heterocycles. The summed E-state index contributed by atoms with van der Waals surface area (Å²) in [5, 5.41) is 3.96. The zero-order valence-corrected chi connectivity index (χ0v) is 14.1. The topological polar surface area (TPSA) is 46.3 Å². The highest BCUT2D eigenvalue weighted by Gasteiger charge is 2.26. The van der Waals surface area contributed by atoms with Gasteiger partial charge in [-0.2, -0.15) is 0 Å². The maximum Gasteiger partial charge on any atom is 0.223 e. The van der Waals surface area contributed by atoms with Crippen LogP contribution in [-0.4, -0.2) is 23.0 Å². The summed E-state index contributed by atoms with van der Waals surface area (Å²) in [6, 6.07) is 8.71. The van der Waals surface area contributed by atoms with Crippen molar-refractivity contribution >= 4 is 5.91 Å². The number of aryl methyl sites for hydroxylation is 3. The molecule has 122 valence electrons. The Labute approximate surface area is 137 Å². The number of fused-ring (bicyclic) bond motifs is 1. The molecule has 0 spiro atoms. The van der Waals surface area contributed by atoms with Crippen molar-refractivity contribution in [1.29, 1.82) is 0 Å². The summed E-state index contributed by atoms with van der Waals surface area (Å²) in [5.41, 5.74) is 4.65. The van der Waals surface area contributed by atoms with Crippen molar-refractivity contribution < 1.29 is 9.32 Å². The summed E-state index contributed by atoms with van der Waals surface area (Å²) >= 11 is 0. The van der Waals surface area contributed by atoms with E-state index >= 15 is 0 Å². The largest absolute Gasteiger partial charge is 0.361 e. The van der Waals surface area contributed by atoms with Gasteiger partial charge >= 0.3 is 0 Å². The lowest BCUT2D eigenvalue weighted by molar-refractivity contribution is -0.132. The predicted octanol–water partition coefficient (Wildman–Crippen LogP) is 3.76. The molecule has 0 saturated carbocycles. The Morgan fingerprint density at radius 2 is 2.13 bits per heavy atom. The maximum atomic E-state index is 12.6. The van der Waals surface area contributed by atoms with E-state index in [-0.39, 0.29) is 11.9 Å². The van der Waals surface area contributed by atoms with E-state index in [1.165, 1.54) is 11.1 Å². The van der Waals surface area contributed by atoms with Crippen LogP contribution < -0.4 is 0 Å². The van der Waals surface area contributed by atoms with Gasteiger partial charge in [0.05, 0.1) is 11.7 Å². The van der Waals surface area contributed by atoms with Crippen LogP contribution in [0.2, 0.25) is 0 Å². The summed E-state index contributed by atoms with van der Waals surface area (Å²) in [6.07, 6.45) is 4.50. The second-order valence-electron chi connectivity index (χ2n) is 6.41. The Morgan fingerprint density at radius 1 is 1.35 bits per heavy atom. The van der Waals surface area contributed by atoms with E-state index in [1.54, 1.807) is 0 Å². The number of nitrogens with zero attached hydrogens (tertiary/aromatic N) is 2. The highest BCUT2D eigenvalue weighted by Crippen LogP contribution is 2.33. The van der Waals surface area contributed by atoms with Crippen LogP contribution in [0.4, 0.5) is 0 Å². The van der Waals surface area contributed by atoms with Crippen molar-refractivity contribution in [3.63, 3.8) is 0 Å². The van der Waals surface area contributed by atoms with Gasteiger partial charge in [0, 0.05) is 19.0 Å². The molecular weight excluding hydrogens is 288 g/mol. The minimum Gasteiger partial charge on any atom is -0.361 e. The molecule has 4 heteroatoms. The molecule has 0 aliphatic heterocycles. The van der Waals surface area contributed by atoms with Crippen LogP contribution >= 0.6 is 0 Å². The molecule has 3 rings (SSSR count). The van der Waals surface area contributed by atoms with Crippen LogP contribution in [0.1, 0.15) is 53.4 Å². The molecule has 0 radical (unpaired) electrons. The minimum absolute atomic E-state index is 0.187. The lowest BCUT2D eigenvalue weighted by Crippen LogP contribution is -2.33. The monoisotopic (exact) mass is 312 g/mol. The summed E-state index contributed by atoms with van der Waals surface area (Å²) in [5.74, 6) is 1.01. The Bertz CT molecular complexity index is 686. The summed E-state index contributed by atoms with van der Waals surface area (Å²) in [4.78, 5) is 14.6. The summed E-state index contributed by atoms with van der Waals surface area (Å²) in [6.45, 7) is 3.83. The van der Waals surface area contributed by atoms with Crippen molar-refractivity contribution in [2.75, 3.05) is 7.05 Å². The summed E-state index contributed by atoms with van der Waals surface area (Å²) in [7, 11) is 1.93. The zero-order valence-electron chi connectivity index (χ0n) is 14.1. The average Bonchev–Trinajstić information content (AvgIpc) is 2.89. The number of aromatic nitrogens is 1. The first kappa shape index (κ1) is 15.8. The van der Waals surface area contributed by atoms with Crippen LogP contribution in [0.3, 0.4) is 0 Å². The first-order valence-corrected chi connectivity index (χ1v) is 8.33. The number of hydrogen-bond acceptors (Lipinski definition) is 3. The highest BCUT2D eigenvalue weighted by molar-refractivity contribution is 5.77. The standard InChI is InChI=1S/C19H24N2O2/c1-13-16(14(2)23-20-13)11-12-19(22)21(3)18-10-6-8-15-7-4-5-9-17(15)18/h4-5,7,9,18H,6,8,10-12H2,1-3H3/t18-/m1/s1. The molecule has 0 fully saturated rings. The van der Waals surface area contributed by atoms with Gasteiger partial charge in [-0.15, -0.1) is 0 Å². The molecule has 1 aromatic carbocycles. The van der Waals surface area contributed by atoms with E-state index in [0.29, 0.717) is 12.8 Å². The SMILES string of the molecule is Cc1noc(C)c1CCC(=O)N(C)[C@@H]1CCCc2ccccc21. The number of rotatable bonds is 4. The Kier molecular flexibility index (Phi) is 4.51. The number of amides is 1. The summed E-state index contributed by atoms with van der Waals surface area (Å²) < 4.78 is 5.18. The van der Waals surface area contributed by atoms with Gasteiger partial charge in [-0.1, -0.05) is 29.4 Å². The van der Waals surface area contributed by atoms with Crippen LogP contribution in [0.5, 0.6) is 0 Å². The van der Waals surface area contributed by atoms with E-state index < -0.39 is 0 Å². The molecule has 1 aromatic heterocycles. The smallest absolute Gasteiger partial charge is 0.223 e. The lowest BCUT2D eigenvalue weighted by Gasteiger charge is -2.33. The number of carbonyl (C=O) groups excluding carboxylic acids is 1. The molecule has 1 aliphatic rings. The molecule has 2 aromatic rings. The highest BCUT2D eigenvalue weighted by atomic mass is 16.5. The van der Waals surface area contributed by atoms with Crippen molar-refractivity contribution in [2.45, 2.75) is 52.0 Å². The second kappa shape index (κ2) is 6.57. The third-order valence-electron chi connectivity index (χ3n) is 4.97. The molecule has 0 saturated heterocycles. The molecule has 1 aliphatic carbocycles. The fourth-order valence-corrected chi connectivity index (χ4v) is 3.57. The zero-order chi connectivity index (χ0) is 16.4. The van der Waals surface area contributed by atoms with Gasteiger partial charge in [0.2, 0.25) is 5.91 Å². The lowest BCUT2D eigenvalue weighted by atomic mass is 9.87. The van der Waals surface area contributed by atoms with Gasteiger partial charge in [-0.25, -0.2) is 0 Å². The molecule has 0 N–H and O–H groups in total. The fourth-order valence-electron chi connectivity index (χ4n) is 3.57. The maximum absolute atomic E-state index is 12.6. The molecule has 0 unspecified atom stereocenters. The second-order valence-corrected chi connectivity index (χ2v) is 6.41. The van der Waals surface area contributed by atoms with Gasteiger partial charge in [-0.05, 0) is 50.7 Å². The third kappa shape index (κ3) is 3.16. The molecule has 23 heavy (non-hydrogen) atoms. The number of hydrogen-bond donors (Lipinski definition) is 0. The first-order chi connectivity index (χ1) is 11.1. The molecule has 1 atom stereocenters. The van der Waals surface area contributed by atoms with Gasteiger partial charge in [0.1, 0.15) is 5.76 Å². The first-order valence-electron chi connectivity index (χ1n) is 8.33.